The maximum Gasteiger partial charge on any atom is 0.269 e. The number of fused-ring (bicyclic) bond motifs is 1. The zero-order valence-corrected chi connectivity index (χ0v) is 20.2. The highest BCUT2D eigenvalue weighted by atomic mass is 16.1. The average molecular weight is 466 g/mol. The second-order valence-corrected chi connectivity index (χ2v) is 10.0. The van der Waals surface area contributed by atoms with Crippen LogP contribution in [0.1, 0.15) is 46.6 Å². The Hall–Kier alpha value is -3.64. The molecule has 1 aliphatic heterocycles. The van der Waals surface area contributed by atoms with Crippen molar-refractivity contribution in [3.63, 3.8) is 0 Å². The van der Waals surface area contributed by atoms with Gasteiger partial charge in [-0.05, 0) is 79.1 Å². The fraction of sp³-hybridized carbons (Fsp3) is 0.310. The number of hydrogen-bond acceptors (Lipinski definition) is 3. The topological polar surface area (TPSA) is 69.1 Å². The van der Waals surface area contributed by atoms with Gasteiger partial charge in [-0.1, -0.05) is 30.3 Å². The van der Waals surface area contributed by atoms with E-state index in [1.165, 1.54) is 48.1 Å². The molecule has 2 aromatic carbocycles. The van der Waals surface area contributed by atoms with Crippen molar-refractivity contribution in [2.24, 2.45) is 11.7 Å². The molecule has 6 nitrogen and oxygen atoms in total. The minimum Gasteiger partial charge on any atom is -0.364 e. The van der Waals surface area contributed by atoms with Gasteiger partial charge < -0.3 is 10.3 Å². The van der Waals surface area contributed by atoms with Gasteiger partial charge in [0.15, 0.2) is 5.69 Å². The molecule has 0 radical (unpaired) electrons. The molecule has 1 saturated carbocycles. The minimum atomic E-state index is -0.513. The highest BCUT2D eigenvalue weighted by Crippen LogP contribution is 2.31. The molecule has 2 aromatic heterocycles. The lowest BCUT2D eigenvalue weighted by atomic mass is 9.98. The van der Waals surface area contributed by atoms with E-state index in [4.69, 9.17) is 5.73 Å². The molecule has 6 heteroatoms. The minimum absolute atomic E-state index is 0.281. The molecular weight excluding hydrogens is 434 g/mol. The summed E-state index contributed by atoms with van der Waals surface area (Å²) in [5.74, 6) is 0.449. The van der Waals surface area contributed by atoms with E-state index in [0.717, 1.165) is 42.2 Å². The number of primary amides is 1. The summed E-state index contributed by atoms with van der Waals surface area (Å²) in [6.45, 7) is 6.30. The van der Waals surface area contributed by atoms with Gasteiger partial charge in [0, 0.05) is 49.0 Å². The van der Waals surface area contributed by atoms with E-state index in [-0.39, 0.29) is 5.69 Å². The monoisotopic (exact) mass is 465 g/mol. The van der Waals surface area contributed by atoms with Gasteiger partial charge in [-0.15, -0.1) is 0 Å². The fourth-order valence-electron chi connectivity index (χ4n) is 5.14. The standard InChI is InChI=1S/C29H31N5O/c1-20-16-27(29(30)35)31-34(20)26-8-9-28-25(17-26)12-15-33(28)19-22-4-6-23(7-5-22)24-10-13-32(14-11-24)18-21-2-3-21/h4-10,12,15-17,21H,2-3,11,13-14,18-19H2,1H3,(H2,30,35). The third-order valence-corrected chi connectivity index (χ3v) is 7.32. The Labute approximate surface area is 205 Å². The lowest BCUT2D eigenvalue weighted by molar-refractivity contribution is 0.0995. The number of benzene rings is 2. The predicted molar refractivity (Wildman–Crippen MR) is 140 cm³/mol. The van der Waals surface area contributed by atoms with E-state index in [2.05, 4.69) is 69.3 Å². The van der Waals surface area contributed by atoms with Gasteiger partial charge in [0.1, 0.15) is 0 Å². The molecule has 2 N–H and O–H groups in total. The summed E-state index contributed by atoms with van der Waals surface area (Å²) in [7, 11) is 0. The normalized spacial score (nSPS) is 16.5. The molecule has 0 saturated heterocycles. The summed E-state index contributed by atoms with van der Waals surface area (Å²) < 4.78 is 4.04. The number of rotatable bonds is 7. The van der Waals surface area contributed by atoms with E-state index in [0.29, 0.717) is 0 Å². The van der Waals surface area contributed by atoms with Crippen molar-refractivity contribution in [3.05, 3.63) is 89.4 Å². The number of nitrogens with two attached hydrogens (primary N) is 1. The smallest absolute Gasteiger partial charge is 0.269 e. The Morgan fingerprint density at radius 2 is 1.91 bits per heavy atom. The van der Waals surface area contributed by atoms with Gasteiger partial charge in [-0.25, -0.2) is 4.68 Å². The van der Waals surface area contributed by atoms with Crippen LogP contribution in [0.4, 0.5) is 0 Å². The summed E-state index contributed by atoms with van der Waals surface area (Å²) >= 11 is 0. The van der Waals surface area contributed by atoms with E-state index >= 15 is 0 Å². The summed E-state index contributed by atoms with van der Waals surface area (Å²) in [6.07, 6.45) is 8.55. The Balaban J connectivity index is 1.16. The number of carbonyl (C=O) groups is 1. The van der Waals surface area contributed by atoms with Crippen molar-refractivity contribution in [2.75, 3.05) is 19.6 Å². The van der Waals surface area contributed by atoms with Crippen molar-refractivity contribution in [3.8, 4) is 5.69 Å². The van der Waals surface area contributed by atoms with Crippen LogP contribution in [0.3, 0.4) is 0 Å². The Morgan fingerprint density at radius 3 is 2.60 bits per heavy atom. The third-order valence-electron chi connectivity index (χ3n) is 7.32. The SMILES string of the molecule is Cc1cc(C(N)=O)nn1-c1ccc2c(ccn2Cc2ccc(C3=CCN(CC4CC4)CC3)cc2)c1. The third kappa shape index (κ3) is 4.54. The largest absolute Gasteiger partial charge is 0.364 e. The summed E-state index contributed by atoms with van der Waals surface area (Å²) in [6, 6.07) is 19.2. The van der Waals surface area contributed by atoms with E-state index in [9.17, 15) is 4.79 Å². The summed E-state index contributed by atoms with van der Waals surface area (Å²) in [5, 5.41) is 5.49. The van der Waals surface area contributed by atoms with Crippen LogP contribution in [0, 0.1) is 12.8 Å². The molecule has 4 aromatic rings. The number of amides is 1. The summed E-state index contributed by atoms with van der Waals surface area (Å²) in [4.78, 5) is 14.1. The van der Waals surface area contributed by atoms with Crippen molar-refractivity contribution in [1.82, 2.24) is 19.2 Å². The molecule has 6 rings (SSSR count). The maximum absolute atomic E-state index is 11.5. The summed E-state index contributed by atoms with van der Waals surface area (Å²) in [5.41, 5.74) is 12.8. The molecule has 0 unspecified atom stereocenters. The molecule has 1 fully saturated rings. The van der Waals surface area contributed by atoms with Gasteiger partial charge in [0.2, 0.25) is 0 Å². The zero-order valence-electron chi connectivity index (χ0n) is 20.2. The Bertz CT molecular complexity index is 1420. The van der Waals surface area contributed by atoms with E-state index in [1.54, 1.807) is 10.7 Å². The lowest BCUT2D eigenvalue weighted by Gasteiger charge is -2.26. The van der Waals surface area contributed by atoms with Crippen molar-refractivity contribution in [2.45, 2.75) is 32.7 Å². The van der Waals surface area contributed by atoms with Crippen LogP contribution in [-0.4, -0.2) is 44.8 Å². The van der Waals surface area contributed by atoms with Crippen LogP contribution >= 0.6 is 0 Å². The number of aromatic nitrogens is 3. The first kappa shape index (κ1) is 21.9. The van der Waals surface area contributed by atoms with E-state index < -0.39 is 5.91 Å². The van der Waals surface area contributed by atoms with Gasteiger partial charge in [0.05, 0.1) is 5.69 Å². The van der Waals surface area contributed by atoms with Crippen LogP contribution in [0.15, 0.2) is 66.9 Å². The highest BCUT2D eigenvalue weighted by Gasteiger charge is 2.25. The van der Waals surface area contributed by atoms with Crippen LogP contribution in [0.25, 0.3) is 22.2 Å². The second kappa shape index (κ2) is 8.86. The van der Waals surface area contributed by atoms with Crippen LogP contribution in [-0.2, 0) is 6.54 Å². The number of aryl methyl sites for hydroxylation is 1. The first-order valence-electron chi connectivity index (χ1n) is 12.5. The van der Waals surface area contributed by atoms with E-state index in [1.807, 2.05) is 13.0 Å². The van der Waals surface area contributed by atoms with Crippen molar-refractivity contribution in [1.29, 1.82) is 0 Å². The molecule has 0 bridgehead atoms. The second-order valence-electron chi connectivity index (χ2n) is 10.0. The molecule has 1 aliphatic carbocycles. The molecule has 2 aliphatic rings. The molecule has 35 heavy (non-hydrogen) atoms. The molecule has 0 atom stereocenters. The zero-order chi connectivity index (χ0) is 23.9. The van der Waals surface area contributed by atoms with Crippen molar-refractivity contribution >= 4 is 22.4 Å². The number of nitrogens with zero attached hydrogens (tertiary/aromatic N) is 4. The first-order chi connectivity index (χ1) is 17.0. The maximum atomic E-state index is 11.5. The molecule has 1 amide bonds. The number of hydrogen-bond donors (Lipinski definition) is 1. The van der Waals surface area contributed by atoms with Crippen LogP contribution in [0.2, 0.25) is 0 Å². The average Bonchev–Trinajstić information content (AvgIpc) is 3.46. The van der Waals surface area contributed by atoms with Crippen molar-refractivity contribution < 1.29 is 4.79 Å². The Morgan fingerprint density at radius 1 is 1.09 bits per heavy atom. The highest BCUT2D eigenvalue weighted by molar-refractivity contribution is 5.91. The van der Waals surface area contributed by atoms with Gasteiger partial charge >= 0.3 is 0 Å². The molecule has 3 heterocycles. The van der Waals surface area contributed by atoms with Gasteiger partial charge in [-0.2, -0.15) is 5.10 Å². The predicted octanol–water partition coefficient (Wildman–Crippen LogP) is 4.78. The quantitative estimate of drug-likeness (QED) is 0.427. The van der Waals surface area contributed by atoms with Gasteiger partial charge in [0.25, 0.3) is 5.91 Å². The Kier molecular flexibility index (Phi) is 5.53. The molecular formula is C29H31N5O. The van der Waals surface area contributed by atoms with Gasteiger partial charge in [-0.3, -0.25) is 9.69 Å². The van der Waals surface area contributed by atoms with Crippen LogP contribution in [0.5, 0.6) is 0 Å². The fourth-order valence-corrected chi connectivity index (χ4v) is 5.14. The molecule has 0 spiro atoms. The lowest BCUT2D eigenvalue weighted by Crippen LogP contribution is -2.30. The van der Waals surface area contributed by atoms with Crippen LogP contribution < -0.4 is 5.73 Å². The first-order valence-corrected chi connectivity index (χ1v) is 12.5. The number of carbonyl (C=O) groups excluding carboxylic acids is 1. The molecule has 178 valence electrons.